The normalized spacial score (nSPS) is 13.6. The lowest BCUT2D eigenvalue weighted by molar-refractivity contribution is 0.0600. The molecule has 2 aromatic carbocycles. The second-order valence-electron chi connectivity index (χ2n) is 5.61. The van der Waals surface area contributed by atoms with Gasteiger partial charge >= 0.3 is 5.97 Å². The van der Waals surface area contributed by atoms with Gasteiger partial charge in [-0.1, -0.05) is 54.6 Å². The first kappa shape index (κ1) is 17.9. The zero-order valence-corrected chi connectivity index (χ0v) is 13.8. The third kappa shape index (κ3) is 5.05. The summed E-state index contributed by atoms with van der Waals surface area (Å²) in [4.78, 5) is 11.4. The molecule has 24 heavy (non-hydrogen) atoms. The molecule has 2 unspecified atom stereocenters. The van der Waals surface area contributed by atoms with Gasteiger partial charge in [0.25, 0.3) is 0 Å². The Labute approximate surface area is 142 Å². The molecule has 4 heteroatoms. The third-order valence-corrected chi connectivity index (χ3v) is 3.86. The topological polar surface area (TPSA) is 72.5 Å². The fourth-order valence-corrected chi connectivity index (χ4v) is 2.41. The zero-order chi connectivity index (χ0) is 17.4. The molecule has 0 spiro atoms. The number of ether oxygens (including phenoxy) is 1. The molecule has 0 bridgehead atoms. The van der Waals surface area contributed by atoms with Crippen molar-refractivity contribution in [3.8, 4) is 0 Å². The van der Waals surface area contributed by atoms with Crippen molar-refractivity contribution in [3.05, 3.63) is 77.4 Å². The summed E-state index contributed by atoms with van der Waals surface area (Å²) in [6.45, 7) is 0. The summed E-state index contributed by atoms with van der Waals surface area (Å²) in [5.41, 5.74) is 8.43. The van der Waals surface area contributed by atoms with Crippen molar-refractivity contribution in [2.45, 2.75) is 25.0 Å². The molecule has 0 aliphatic carbocycles. The Morgan fingerprint density at radius 1 is 1.17 bits per heavy atom. The van der Waals surface area contributed by atoms with Crippen LogP contribution in [0.25, 0.3) is 6.08 Å². The Morgan fingerprint density at radius 2 is 1.83 bits per heavy atom. The van der Waals surface area contributed by atoms with Gasteiger partial charge in [0.1, 0.15) is 0 Å². The van der Waals surface area contributed by atoms with Gasteiger partial charge in [-0.05, 0) is 36.1 Å². The summed E-state index contributed by atoms with van der Waals surface area (Å²) in [6.07, 6.45) is 4.79. The first-order chi connectivity index (χ1) is 11.6. The second kappa shape index (κ2) is 9.01. The number of methoxy groups -OCH3 is 1. The van der Waals surface area contributed by atoms with Crippen LogP contribution in [0.5, 0.6) is 0 Å². The molecular formula is C20H23NO3. The average molecular weight is 325 g/mol. The molecule has 0 radical (unpaired) electrons. The molecule has 0 amide bonds. The Balaban J connectivity index is 1.82. The van der Waals surface area contributed by atoms with E-state index in [1.165, 1.54) is 7.11 Å². The van der Waals surface area contributed by atoms with E-state index in [-0.39, 0.29) is 12.0 Å². The molecular weight excluding hydrogens is 302 g/mol. The number of hydrogen-bond acceptors (Lipinski definition) is 4. The van der Waals surface area contributed by atoms with E-state index in [9.17, 15) is 9.90 Å². The molecule has 3 N–H and O–H groups in total. The van der Waals surface area contributed by atoms with E-state index < -0.39 is 6.10 Å². The second-order valence-corrected chi connectivity index (χ2v) is 5.61. The quantitative estimate of drug-likeness (QED) is 0.766. The maximum absolute atomic E-state index is 11.4. The number of carbonyl (C=O) groups excluding carboxylic acids is 1. The molecule has 126 valence electrons. The molecule has 0 heterocycles. The molecule has 0 aliphatic heterocycles. The van der Waals surface area contributed by atoms with Crippen LogP contribution in [-0.2, 0) is 4.74 Å². The van der Waals surface area contributed by atoms with Gasteiger partial charge in [-0.25, -0.2) is 4.79 Å². The maximum atomic E-state index is 11.4. The Kier molecular flexibility index (Phi) is 6.73. The van der Waals surface area contributed by atoms with Crippen LogP contribution in [-0.4, -0.2) is 24.2 Å². The number of aliphatic hydroxyl groups is 1. The third-order valence-electron chi connectivity index (χ3n) is 3.86. The molecule has 0 aromatic heterocycles. The van der Waals surface area contributed by atoms with Crippen LogP contribution in [0.3, 0.4) is 0 Å². The number of esters is 1. The van der Waals surface area contributed by atoms with Crippen molar-refractivity contribution in [2.24, 2.45) is 5.73 Å². The van der Waals surface area contributed by atoms with Gasteiger partial charge in [0.2, 0.25) is 0 Å². The van der Waals surface area contributed by atoms with Crippen molar-refractivity contribution in [1.82, 2.24) is 0 Å². The lowest BCUT2D eigenvalue weighted by Crippen LogP contribution is -2.28. The minimum Gasteiger partial charge on any atom is -0.465 e. The lowest BCUT2D eigenvalue weighted by Gasteiger charge is -2.18. The monoisotopic (exact) mass is 325 g/mol. The van der Waals surface area contributed by atoms with E-state index in [0.717, 1.165) is 17.5 Å². The fraction of sp³-hybridized carbons (Fsp3) is 0.250. The van der Waals surface area contributed by atoms with Gasteiger partial charge in [-0.3, -0.25) is 0 Å². The van der Waals surface area contributed by atoms with Gasteiger partial charge < -0.3 is 15.6 Å². The zero-order valence-electron chi connectivity index (χ0n) is 13.8. The van der Waals surface area contributed by atoms with Crippen molar-refractivity contribution in [3.63, 3.8) is 0 Å². The Hall–Kier alpha value is -2.43. The van der Waals surface area contributed by atoms with Crippen molar-refractivity contribution >= 4 is 12.0 Å². The fourth-order valence-electron chi connectivity index (χ4n) is 2.41. The Morgan fingerprint density at radius 3 is 2.46 bits per heavy atom. The number of allylic oxidation sites excluding steroid dienone is 1. The summed E-state index contributed by atoms with van der Waals surface area (Å²) in [5, 5.41) is 10.2. The molecule has 2 rings (SSSR count). The van der Waals surface area contributed by atoms with Gasteiger partial charge in [0, 0.05) is 6.04 Å². The average Bonchev–Trinajstić information content (AvgIpc) is 2.65. The molecule has 4 nitrogen and oxygen atoms in total. The summed E-state index contributed by atoms with van der Waals surface area (Å²) in [6, 6.07) is 16.3. The summed E-state index contributed by atoms with van der Waals surface area (Å²) < 4.78 is 4.67. The van der Waals surface area contributed by atoms with Gasteiger partial charge in [-0.2, -0.15) is 0 Å². The van der Waals surface area contributed by atoms with E-state index in [2.05, 4.69) is 4.74 Å². The molecule has 2 aromatic rings. The highest BCUT2D eigenvalue weighted by Crippen LogP contribution is 2.18. The lowest BCUT2D eigenvalue weighted by atomic mass is 9.99. The first-order valence-electron chi connectivity index (χ1n) is 7.95. The van der Waals surface area contributed by atoms with Crippen LogP contribution >= 0.6 is 0 Å². The SMILES string of the molecule is COC(=O)c1ccc(C=CCCC(N)C(O)c2ccccc2)cc1. The number of rotatable bonds is 7. The van der Waals surface area contributed by atoms with E-state index in [1.807, 2.05) is 54.6 Å². The summed E-state index contributed by atoms with van der Waals surface area (Å²) in [7, 11) is 1.36. The van der Waals surface area contributed by atoms with Crippen molar-refractivity contribution < 1.29 is 14.6 Å². The van der Waals surface area contributed by atoms with Gasteiger partial charge in [0.15, 0.2) is 0 Å². The van der Waals surface area contributed by atoms with Gasteiger partial charge in [-0.15, -0.1) is 0 Å². The Bertz CT molecular complexity index is 665. The predicted molar refractivity (Wildman–Crippen MR) is 95.4 cm³/mol. The van der Waals surface area contributed by atoms with E-state index >= 15 is 0 Å². The minimum atomic E-state index is -0.654. The largest absolute Gasteiger partial charge is 0.465 e. The van der Waals surface area contributed by atoms with Crippen LogP contribution in [0.2, 0.25) is 0 Å². The van der Waals surface area contributed by atoms with E-state index in [4.69, 9.17) is 5.73 Å². The van der Waals surface area contributed by atoms with Crippen molar-refractivity contribution in [1.29, 1.82) is 0 Å². The van der Waals surface area contributed by atoms with E-state index in [1.54, 1.807) is 12.1 Å². The number of carbonyl (C=O) groups is 1. The highest BCUT2D eigenvalue weighted by molar-refractivity contribution is 5.89. The smallest absolute Gasteiger partial charge is 0.337 e. The summed E-state index contributed by atoms with van der Waals surface area (Å²) >= 11 is 0. The van der Waals surface area contributed by atoms with Crippen molar-refractivity contribution in [2.75, 3.05) is 7.11 Å². The first-order valence-corrected chi connectivity index (χ1v) is 7.95. The van der Waals surface area contributed by atoms with Crippen LogP contribution in [0.15, 0.2) is 60.7 Å². The molecule has 2 atom stereocenters. The standard InChI is InChI=1S/C20H23NO3/c1-24-20(23)17-13-11-15(12-14-17)7-5-6-10-18(21)19(22)16-8-3-2-4-9-16/h2-5,7-9,11-14,18-19,22H,6,10,21H2,1H3. The summed E-state index contributed by atoms with van der Waals surface area (Å²) in [5.74, 6) is -0.341. The predicted octanol–water partition coefficient (Wildman–Crippen LogP) is 3.33. The molecule has 0 saturated carbocycles. The van der Waals surface area contributed by atoms with E-state index in [0.29, 0.717) is 12.0 Å². The maximum Gasteiger partial charge on any atom is 0.337 e. The molecule has 0 aliphatic rings. The van der Waals surface area contributed by atoms with Crippen LogP contribution in [0.4, 0.5) is 0 Å². The molecule has 0 fully saturated rings. The van der Waals surface area contributed by atoms with Crippen LogP contribution in [0, 0.1) is 0 Å². The highest BCUT2D eigenvalue weighted by Gasteiger charge is 2.15. The number of benzene rings is 2. The van der Waals surface area contributed by atoms with Crippen LogP contribution < -0.4 is 5.73 Å². The number of nitrogens with two attached hydrogens (primary N) is 1. The number of hydrogen-bond donors (Lipinski definition) is 2. The van der Waals surface area contributed by atoms with Gasteiger partial charge in [0.05, 0.1) is 18.8 Å². The number of aliphatic hydroxyl groups excluding tert-OH is 1. The molecule has 0 saturated heterocycles. The highest BCUT2D eigenvalue weighted by atomic mass is 16.5. The van der Waals surface area contributed by atoms with Crippen LogP contribution in [0.1, 0.15) is 40.4 Å². The minimum absolute atomic E-state index is 0.307.